The summed E-state index contributed by atoms with van der Waals surface area (Å²) in [7, 11) is 1.42. The van der Waals surface area contributed by atoms with Gasteiger partial charge in [0.15, 0.2) is 0 Å². The Morgan fingerprint density at radius 3 is 2.26 bits per heavy atom. The Morgan fingerprint density at radius 2 is 1.53 bits per heavy atom. The van der Waals surface area contributed by atoms with Gasteiger partial charge in [0.1, 0.15) is 18.4 Å². The van der Waals surface area contributed by atoms with Crippen LogP contribution in [0.1, 0.15) is 16.7 Å². The van der Waals surface area contributed by atoms with Gasteiger partial charge in [0.25, 0.3) is 0 Å². The molecule has 0 amide bonds. The summed E-state index contributed by atoms with van der Waals surface area (Å²) in [4.78, 5) is 12.4. The Labute approximate surface area is 201 Å². The van der Waals surface area contributed by atoms with E-state index < -0.39 is 6.04 Å². The first-order chi connectivity index (χ1) is 16.6. The largest absolute Gasteiger partial charge is 0.489 e. The minimum atomic E-state index is -0.472. The molecule has 0 aromatic heterocycles. The molecule has 4 rings (SSSR count). The summed E-state index contributed by atoms with van der Waals surface area (Å²) in [6.45, 7) is 2.62. The second-order valence-electron chi connectivity index (χ2n) is 8.29. The molecule has 0 radical (unpaired) electrons. The van der Waals surface area contributed by atoms with Crippen molar-refractivity contribution < 1.29 is 14.3 Å². The van der Waals surface area contributed by atoms with Crippen LogP contribution in [0.5, 0.6) is 5.75 Å². The fourth-order valence-electron chi connectivity index (χ4n) is 3.89. The van der Waals surface area contributed by atoms with Crippen LogP contribution in [-0.4, -0.2) is 19.1 Å². The fourth-order valence-corrected chi connectivity index (χ4v) is 3.89. The first kappa shape index (κ1) is 23.1. The van der Waals surface area contributed by atoms with Crippen LogP contribution in [0.25, 0.3) is 11.1 Å². The molecule has 1 atom stereocenters. The number of anilines is 1. The van der Waals surface area contributed by atoms with Gasteiger partial charge in [-0.3, -0.25) is 0 Å². The summed E-state index contributed by atoms with van der Waals surface area (Å²) in [5.74, 6) is 0.539. The van der Waals surface area contributed by atoms with Crippen LogP contribution in [0.15, 0.2) is 103 Å². The lowest BCUT2D eigenvalue weighted by Crippen LogP contribution is -2.32. The van der Waals surface area contributed by atoms with Crippen LogP contribution in [0, 0.1) is 6.92 Å². The molecule has 0 aliphatic heterocycles. The van der Waals surface area contributed by atoms with Gasteiger partial charge < -0.3 is 14.8 Å². The highest BCUT2D eigenvalue weighted by atomic mass is 16.5. The number of rotatable bonds is 9. The lowest BCUT2D eigenvalue weighted by Gasteiger charge is -2.18. The molecule has 1 unspecified atom stereocenters. The fraction of sp³-hybridized carbons (Fsp3) is 0.167. The van der Waals surface area contributed by atoms with Crippen molar-refractivity contribution in [3.05, 3.63) is 120 Å². The van der Waals surface area contributed by atoms with Crippen molar-refractivity contribution >= 4 is 11.7 Å². The number of hydrogen-bond acceptors (Lipinski definition) is 4. The van der Waals surface area contributed by atoms with Crippen LogP contribution in [0.2, 0.25) is 0 Å². The van der Waals surface area contributed by atoms with Gasteiger partial charge in [0, 0.05) is 12.1 Å². The maximum atomic E-state index is 12.4. The van der Waals surface area contributed by atoms with E-state index >= 15 is 0 Å². The summed E-state index contributed by atoms with van der Waals surface area (Å²) in [5, 5.41) is 3.34. The van der Waals surface area contributed by atoms with Crippen molar-refractivity contribution in [3.63, 3.8) is 0 Å². The van der Waals surface area contributed by atoms with Crippen LogP contribution >= 0.6 is 0 Å². The molecule has 172 valence electrons. The monoisotopic (exact) mass is 451 g/mol. The predicted molar refractivity (Wildman–Crippen MR) is 137 cm³/mol. The van der Waals surface area contributed by atoms with E-state index in [0.29, 0.717) is 13.0 Å². The Kier molecular flexibility index (Phi) is 7.61. The average Bonchev–Trinajstić information content (AvgIpc) is 2.88. The minimum absolute atomic E-state index is 0.288. The van der Waals surface area contributed by atoms with Crippen molar-refractivity contribution in [1.29, 1.82) is 0 Å². The number of benzene rings is 4. The number of carbonyl (C=O) groups is 1. The third kappa shape index (κ3) is 6.26. The second-order valence-corrected chi connectivity index (χ2v) is 8.29. The van der Waals surface area contributed by atoms with Crippen LogP contribution in [-0.2, 0) is 22.6 Å². The van der Waals surface area contributed by atoms with Gasteiger partial charge in [0.2, 0.25) is 0 Å². The topological polar surface area (TPSA) is 47.6 Å². The standard InChI is InChI=1S/C30H29NO3/c1-22-8-6-11-24(18-22)21-34-28-16-14-25(15-17-28)26-12-7-13-27(20-26)31-29(30(32)33-2)19-23-9-4-3-5-10-23/h3-18,20,29,31H,19,21H2,1-2H3. The summed E-state index contributed by atoms with van der Waals surface area (Å²) in [6.07, 6.45) is 0.546. The van der Waals surface area contributed by atoms with Crippen molar-refractivity contribution in [2.24, 2.45) is 0 Å². The van der Waals surface area contributed by atoms with Crippen LogP contribution < -0.4 is 10.1 Å². The van der Waals surface area contributed by atoms with Gasteiger partial charge in [-0.2, -0.15) is 0 Å². The normalized spacial score (nSPS) is 11.5. The predicted octanol–water partition coefficient (Wildman–Crippen LogP) is 6.44. The molecule has 4 aromatic rings. The highest BCUT2D eigenvalue weighted by molar-refractivity contribution is 5.80. The zero-order chi connectivity index (χ0) is 23.8. The highest BCUT2D eigenvalue weighted by Crippen LogP contribution is 2.26. The first-order valence-electron chi connectivity index (χ1n) is 11.4. The van der Waals surface area contributed by atoms with Crippen LogP contribution in [0.3, 0.4) is 0 Å². The minimum Gasteiger partial charge on any atom is -0.489 e. The zero-order valence-corrected chi connectivity index (χ0v) is 19.5. The van der Waals surface area contributed by atoms with Crippen LogP contribution in [0.4, 0.5) is 5.69 Å². The lowest BCUT2D eigenvalue weighted by atomic mass is 10.0. The van der Waals surface area contributed by atoms with Crippen molar-refractivity contribution in [1.82, 2.24) is 0 Å². The van der Waals surface area contributed by atoms with Gasteiger partial charge >= 0.3 is 5.97 Å². The Morgan fingerprint density at radius 1 is 0.794 bits per heavy atom. The maximum Gasteiger partial charge on any atom is 0.328 e. The quantitative estimate of drug-likeness (QED) is 0.298. The highest BCUT2D eigenvalue weighted by Gasteiger charge is 2.19. The van der Waals surface area contributed by atoms with E-state index in [1.807, 2.05) is 78.9 Å². The van der Waals surface area contributed by atoms with Gasteiger partial charge in [-0.15, -0.1) is 0 Å². The van der Waals surface area contributed by atoms with E-state index in [4.69, 9.17) is 9.47 Å². The number of carbonyl (C=O) groups excluding carboxylic acids is 1. The molecule has 4 aromatic carbocycles. The third-order valence-corrected chi connectivity index (χ3v) is 5.65. The number of aryl methyl sites for hydroxylation is 1. The molecule has 34 heavy (non-hydrogen) atoms. The van der Waals surface area contributed by atoms with E-state index in [1.165, 1.54) is 12.7 Å². The van der Waals surface area contributed by atoms with E-state index in [1.54, 1.807) is 0 Å². The number of ether oxygens (including phenoxy) is 2. The summed E-state index contributed by atoms with van der Waals surface area (Å²) < 4.78 is 11.0. The molecule has 0 saturated heterocycles. The SMILES string of the molecule is COC(=O)C(Cc1ccccc1)Nc1cccc(-c2ccc(OCc3cccc(C)c3)cc2)c1. The summed E-state index contributed by atoms with van der Waals surface area (Å²) >= 11 is 0. The van der Waals surface area contributed by atoms with Gasteiger partial charge in [-0.1, -0.05) is 84.4 Å². The van der Waals surface area contributed by atoms with Crippen molar-refractivity contribution in [2.75, 3.05) is 12.4 Å². The Bertz CT molecular complexity index is 1220. The Balaban J connectivity index is 1.44. The molecular weight excluding hydrogens is 422 g/mol. The molecule has 0 bridgehead atoms. The number of nitrogens with one attached hydrogen (secondary N) is 1. The second kappa shape index (κ2) is 11.2. The molecule has 4 nitrogen and oxygen atoms in total. The smallest absolute Gasteiger partial charge is 0.328 e. The molecular formula is C30H29NO3. The number of hydrogen-bond donors (Lipinski definition) is 1. The molecule has 0 fully saturated rings. The molecule has 4 heteroatoms. The third-order valence-electron chi connectivity index (χ3n) is 5.65. The lowest BCUT2D eigenvalue weighted by molar-refractivity contribution is -0.141. The summed E-state index contributed by atoms with van der Waals surface area (Å²) in [6, 6.07) is 33.9. The number of esters is 1. The average molecular weight is 452 g/mol. The van der Waals surface area contributed by atoms with Crippen molar-refractivity contribution in [2.45, 2.75) is 26.0 Å². The van der Waals surface area contributed by atoms with Gasteiger partial charge in [0.05, 0.1) is 7.11 Å². The molecule has 0 saturated carbocycles. The zero-order valence-electron chi connectivity index (χ0n) is 19.5. The molecule has 0 heterocycles. The molecule has 0 aliphatic rings. The number of methoxy groups -OCH3 is 1. The van der Waals surface area contributed by atoms with Gasteiger partial charge in [-0.05, 0) is 53.4 Å². The van der Waals surface area contributed by atoms with E-state index in [9.17, 15) is 4.79 Å². The van der Waals surface area contributed by atoms with E-state index in [0.717, 1.165) is 33.7 Å². The summed E-state index contributed by atoms with van der Waals surface area (Å²) in [5.41, 5.74) is 6.44. The van der Waals surface area contributed by atoms with E-state index in [-0.39, 0.29) is 5.97 Å². The van der Waals surface area contributed by atoms with Crippen molar-refractivity contribution in [3.8, 4) is 16.9 Å². The molecule has 1 N–H and O–H groups in total. The Hall–Kier alpha value is -4.05. The maximum absolute atomic E-state index is 12.4. The van der Waals surface area contributed by atoms with E-state index in [2.05, 4.69) is 36.5 Å². The molecule has 0 spiro atoms. The molecule has 0 aliphatic carbocycles. The first-order valence-corrected chi connectivity index (χ1v) is 11.4. The van der Waals surface area contributed by atoms with Gasteiger partial charge in [-0.25, -0.2) is 4.79 Å².